The summed E-state index contributed by atoms with van der Waals surface area (Å²) in [7, 11) is 1.81. The zero-order chi connectivity index (χ0) is 28.2. The lowest BCUT2D eigenvalue weighted by Gasteiger charge is -2.16. The SMILES string of the molecule is C=CC(=O)Nc1cccc(-c2nc(Nc3cnn(C)c3)ncc2-c2ccc(Oc3nccc(C)n3)c(F)c2)c1C. The summed E-state index contributed by atoms with van der Waals surface area (Å²) in [5, 5.41) is 10.1. The van der Waals surface area contributed by atoms with Gasteiger partial charge in [-0.15, -0.1) is 0 Å². The molecule has 1 amide bonds. The second-order valence-electron chi connectivity index (χ2n) is 8.88. The van der Waals surface area contributed by atoms with Crippen molar-refractivity contribution in [2.75, 3.05) is 10.6 Å². The van der Waals surface area contributed by atoms with E-state index in [0.717, 1.165) is 11.1 Å². The van der Waals surface area contributed by atoms with Gasteiger partial charge in [-0.1, -0.05) is 24.8 Å². The molecule has 5 aromatic rings. The maximum absolute atomic E-state index is 15.3. The van der Waals surface area contributed by atoms with Gasteiger partial charge in [0.05, 0.1) is 17.6 Å². The van der Waals surface area contributed by atoms with E-state index < -0.39 is 5.82 Å². The molecule has 0 aliphatic heterocycles. The minimum Gasteiger partial charge on any atom is -0.421 e. The Morgan fingerprint density at radius 2 is 1.93 bits per heavy atom. The average molecular weight is 537 g/mol. The molecule has 0 unspecified atom stereocenters. The van der Waals surface area contributed by atoms with Gasteiger partial charge in [0.15, 0.2) is 11.6 Å². The minimum atomic E-state index is -0.602. The Morgan fingerprint density at radius 3 is 2.65 bits per heavy atom. The molecule has 200 valence electrons. The van der Waals surface area contributed by atoms with E-state index in [2.05, 4.69) is 37.3 Å². The molecule has 2 N–H and O–H groups in total. The second kappa shape index (κ2) is 11.1. The first kappa shape index (κ1) is 26.2. The molecular formula is C29H25FN8O2. The zero-order valence-electron chi connectivity index (χ0n) is 22.0. The lowest BCUT2D eigenvalue weighted by atomic mass is 9.96. The van der Waals surface area contributed by atoms with Crippen molar-refractivity contribution >= 4 is 23.2 Å². The van der Waals surface area contributed by atoms with E-state index in [-0.39, 0.29) is 17.7 Å². The lowest BCUT2D eigenvalue weighted by Crippen LogP contribution is -2.09. The molecule has 40 heavy (non-hydrogen) atoms. The minimum absolute atomic E-state index is 0.0167. The highest BCUT2D eigenvalue weighted by Crippen LogP contribution is 2.37. The number of aromatic nitrogens is 6. The summed E-state index contributed by atoms with van der Waals surface area (Å²) in [5.41, 5.74) is 5.12. The molecule has 3 heterocycles. The van der Waals surface area contributed by atoms with Gasteiger partial charge < -0.3 is 15.4 Å². The molecule has 0 radical (unpaired) electrons. The smallest absolute Gasteiger partial charge is 0.322 e. The number of carbonyl (C=O) groups excluding carboxylic acids is 1. The third-order valence-corrected chi connectivity index (χ3v) is 6.00. The van der Waals surface area contributed by atoms with Gasteiger partial charge in [-0.3, -0.25) is 9.48 Å². The van der Waals surface area contributed by atoms with Crippen LogP contribution in [0.25, 0.3) is 22.4 Å². The molecule has 11 heteroatoms. The number of anilines is 3. The Hall–Kier alpha value is -5.45. The van der Waals surface area contributed by atoms with Gasteiger partial charge in [0, 0.05) is 48.1 Å². The monoisotopic (exact) mass is 536 g/mol. The zero-order valence-corrected chi connectivity index (χ0v) is 22.0. The molecule has 0 saturated carbocycles. The van der Waals surface area contributed by atoms with Gasteiger partial charge in [-0.05, 0) is 55.3 Å². The van der Waals surface area contributed by atoms with Gasteiger partial charge in [-0.25, -0.2) is 24.3 Å². The average Bonchev–Trinajstić information content (AvgIpc) is 3.35. The van der Waals surface area contributed by atoms with Crippen LogP contribution in [0.15, 0.2) is 79.9 Å². The van der Waals surface area contributed by atoms with E-state index in [4.69, 9.17) is 9.72 Å². The first-order valence-electron chi connectivity index (χ1n) is 12.2. The fourth-order valence-electron chi connectivity index (χ4n) is 4.01. The fraction of sp³-hybridized carbons (Fsp3) is 0.103. The third-order valence-electron chi connectivity index (χ3n) is 6.00. The van der Waals surface area contributed by atoms with E-state index in [1.54, 1.807) is 67.7 Å². The van der Waals surface area contributed by atoms with E-state index in [0.29, 0.717) is 39.8 Å². The number of nitrogens with zero attached hydrogens (tertiary/aromatic N) is 6. The van der Waals surface area contributed by atoms with Crippen molar-refractivity contribution in [2.45, 2.75) is 13.8 Å². The summed E-state index contributed by atoms with van der Waals surface area (Å²) >= 11 is 0. The van der Waals surface area contributed by atoms with Crippen LogP contribution in [0, 0.1) is 19.7 Å². The van der Waals surface area contributed by atoms with Crippen LogP contribution in [0.2, 0.25) is 0 Å². The van der Waals surface area contributed by atoms with Crippen molar-refractivity contribution in [3.05, 3.63) is 97.0 Å². The quantitative estimate of drug-likeness (QED) is 0.241. The summed E-state index contributed by atoms with van der Waals surface area (Å²) in [4.78, 5) is 29.5. The summed E-state index contributed by atoms with van der Waals surface area (Å²) in [6.45, 7) is 7.18. The number of aryl methyl sites for hydroxylation is 2. The highest BCUT2D eigenvalue weighted by molar-refractivity contribution is 6.00. The Balaban J connectivity index is 1.58. The number of halogens is 1. The number of ether oxygens (including phenoxy) is 1. The molecule has 0 atom stereocenters. The largest absolute Gasteiger partial charge is 0.421 e. The molecule has 3 aromatic heterocycles. The van der Waals surface area contributed by atoms with Gasteiger partial charge in [0.2, 0.25) is 11.9 Å². The van der Waals surface area contributed by atoms with Crippen molar-refractivity contribution in [3.8, 4) is 34.1 Å². The molecule has 0 bridgehead atoms. The predicted octanol–water partition coefficient (Wildman–Crippen LogP) is 5.75. The van der Waals surface area contributed by atoms with Crippen LogP contribution in [0.4, 0.5) is 21.7 Å². The van der Waals surface area contributed by atoms with Crippen molar-refractivity contribution in [1.29, 1.82) is 0 Å². The van der Waals surface area contributed by atoms with Gasteiger partial charge >= 0.3 is 6.01 Å². The van der Waals surface area contributed by atoms with Crippen LogP contribution in [-0.2, 0) is 11.8 Å². The Kier molecular flexibility index (Phi) is 7.27. The summed E-state index contributed by atoms with van der Waals surface area (Å²) in [5.74, 6) is -0.632. The number of hydrogen-bond donors (Lipinski definition) is 2. The van der Waals surface area contributed by atoms with Crippen LogP contribution in [0.5, 0.6) is 11.8 Å². The Morgan fingerprint density at radius 1 is 1.07 bits per heavy atom. The van der Waals surface area contributed by atoms with Gasteiger partial charge in [0.25, 0.3) is 0 Å². The standard InChI is InChI=1S/C29H25FN8O2/c1-5-26(39)36-24-8-6-7-21(18(24)3)27-22(15-32-28(37-27)35-20-14-33-38(4)16-20)19-9-10-25(23(30)13-19)40-29-31-12-11-17(2)34-29/h5-16H,1H2,2-4H3,(H,36,39)(H,32,35,37). The molecule has 2 aromatic carbocycles. The summed E-state index contributed by atoms with van der Waals surface area (Å²) in [6, 6.07) is 11.8. The Bertz CT molecular complexity index is 1730. The summed E-state index contributed by atoms with van der Waals surface area (Å²) in [6.07, 6.45) is 7.81. The number of nitrogens with one attached hydrogen (secondary N) is 2. The molecular weight excluding hydrogens is 511 g/mol. The molecule has 0 aliphatic rings. The molecule has 0 spiro atoms. The number of benzene rings is 2. The predicted molar refractivity (Wildman–Crippen MR) is 150 cm³/mol. The van der Waals surface area contributed by atoms with Crippen molar-refractivity contribution < 1.29 is 13.9 Å². The second-order valence-corrected chi connectivity index (χ2v) is 8.88. The highest BCUT2D eigenvalue weighted by Gasteiger charge is 2.18. The normalized spacial score (nSPS) is 10.7. The van der Waals surface area contributed by atoms with Gasteiger partial charge in [-0.2, -0.15) is 5.10 Å². The first-order valence-corrected chi connectivity index (χ1v) is 12.2. The molecule has 0 saturated heterocycles. The van der Waals surface area contributed by atoms with Gasteiger partial charge in [0.1, 0.15) is 0 Å². The number of amides is 1. The van der Waals surface area contributed by atoms with Crippen LogP contribution < -0.4 is 15.4 Å². The van der Waals surface area contributed by atoms with E-state index >= 15 is 4.39 Å². The first-order chi connectivity index (χ1) is 19.3. The van der Waals surface area contributed by atoms with Crippen LogP contribution >= 0.6 is 0 Å². The van der Waals surface area contributed by atoms with Crippen LogP contribution in [0.3, 0.4) is 0 Å². The van der Waals surface area contributed by atoms with E-state index in [1.807, 2.05) is 13.0 Å². The Labute approximate surface area is 229 Å². The highest BCUT2D eigenvalue weighted by atomic mass is 19.1. The number of carbonyl (C=O) groups is 1. The lowest BCUT2D eigenvalue weighted by molar-refractivity contribution is -0.111. The van der Waals surface area contributed by atoms with E-state index in [9.17, 15) is 4.79 Å². The van der Waals surface area contributed by atoms with Crippen LogP contribution in [0.1, 0.15) is 11.3 Å². The molecule has 0 fully saturated rings. The number of hydrogen-bond acceptors (Lipinski definition) is 8. The van der Waals surface area contributed by atoms with Crippen molar-refractivity contribution in [2.24, 2.45) is 7.05 Å². The summed E-state index contributed by atoms with van der Waals surface area (Å²) < 4.78 is 22.5. The number of rotatable bonds is 8. The van der Waals surface area contributed by atoms with Crippen molar-refractivity contribution in [1.82, 2.24) is 29.7 Å². The van der Waals surface area contributed by atoms with Crippen LogP contribution in [-0.4, -0.2) is 35.6 Å². The van der Waals surface area contributed by atoms with Crippen molar-refractivity contribution in [3.63, 3.8) is 0 Å². The molecule has 10 nitrogen and oxygen atoms in total. The topological polar surface area (TPSA) is 120 Å². The molecule has 0 aliphatic carbocycles. The third kappa shape index (κ3) is 5.68. The van der Waals surface area contributed by atoms with E-state index in [1.165, 1.54) is 18.2 Å². The fourth-order valence-corrected chi connectivity index (χ4v) is 4.01. The maximum Gasteiger partial charge on any atom is 0.322 e. The molecule has 5 rings (SSSR count). The maximum atomic E-state index is 15.3.